The highest BCUT2D eigenvalue weighted by atomic mass is 19.4. The number of allylic oxidation sites excluding steroid dienone is 5. The van der Waals surface area contributed by atoms with Crippen molar-refractivity contribution >= 4 is 18.1 Å². The zero-order valence-corrected chi connectivity index (χ0v) is 14.9. The van der Waals surface area contributed by atoms with Gasteiger partial charge >= 0.3 is 12.3 Å². The number of nitrogens with zero attached hydrogens (tertiary/aromatic N) is 2. The zero-order valence-electron chi connectivity index (χ0n) is 14.9. The molecule has 3 aliphatic rings. The van der Waals surface area contributed by atoms with Crippen LogP contribution >= 0.6 is 0 Å². The minimum atomic E-state index is -5.33. The molecule has 2 aliphatic heterocycles. The normalized spacial score (nSPS) is 33.5. The summed E-state index contributed by atoms with van der Waals surface area (Å²) in [6.07, 6.45) is -0.949. The lowest BCUT2D eigenvalue weighted by molar-refractivity contribution is -0.224. The van der Waals surface area contributed by atoms with E-state index in [0.717, 1.165) is 23.3 Å². The van der Waals surface area contributed by atoms with Crippen molar-refractivity contribution in [2.24, 2.45) is 4.99 Å². The van der Waals surface area contributed by atoms with E-state index in [1.165, 1.54) is 12.2 Å². The highest BCUT2D eigenvalue weighted by molar-refractivity contribution is 5.95. The SMILES string of the molecule is CC1CN(C(=O)O)CC(C2N=CC=C(C3=CC(=O)CC=C3)C2(F)C(F)(F)F)N1. The number of carboxylic acid groups (broad SMARTS) is 1. The van der Waals surface area contributed by atoms with Crippen LogP contribution in [0.25, 0.3) is 0 Å². The molecule has 10 heteroatoms. The topological polar surface area (TPSA) is 82.0 Å². The molecule has 0 aromatic rings. The lowest BCUT2D eigenvalue weighted by atomic mass is 9.76. The van der Waals surface area contributed by atoms with Gasteiger partial charge in [-0.25, -0.2) is 9.18 Å². The smallest absolute Gasteiger partial charge is 0.429 e. The lowest BCUT2D eigenvalue weighted by Gasteiger charge is -2.45. The van der Waals surface area contributed by atoms with Crippen LogP contribution in [0, 0.1) is 0 Å². The molecule has 0 radical (unpaired) electrons. The van der Waals surface area contributed by atoms with Crippen LogP contribution in [0.5, 0.6) is 0 Å². The van der Waals surface area contributed by atoms with E-state index in [9.17, 15) is 27.9 Å². The van der Waals surface area contributed by atoms with Crippen LogP contribution in [-0.2, 0) is 4.79 Å². The second kappa shape index (κ2) is 7.16. The number of hydrogen-bond acceptors (Lipinski definition) is 4. The Morgan fingerprint density at radius 1 is 1.39 bits per heavy atom. The van der Waals surface area contributed by atoms with Crippen LogP contribution in [0.4, 0.5) is 22.4 Å². The first-order valence-corrected chi connectivity index (χ1v) is 8.69. The van der Waals surface area contributed by atoms with Gasteiger partial charge in [0.25, 0.3) is 5.67 Å². The third kappa shape index (κ3) is 3.48. The predicted molar refractivity (Wildman–Crippen MR) is 93.1 cm³/mol. The summed E-state index contributed by atoms with van der Waals surface area (Å²) in [6, 6.07) is -3.62. The minimum absolute atomic E-state index is 0.0366. The third-order valence-corrected chi connectivity index (χ3v) is 5.01. The average molecular weight is 401 g/mol. The number of hydrogen-bond donors (Lipinski definition) is 2. The van der Waals surface area contributed by atoms with E-state index >= 15 is 4.39 Å². The molecular formula is C18H19F4N3O3. The summed E-state index contributed by atoms with van der Waals surface area (Å²) in [4.78, 5) is 27.6. The number of halogens is 4. The Hall–Kier alpha value is -2.49. The molecular weight excluding hydrogens is 382 g/mol. The standard InChI is InChI=1S/C18H19F4N3O3/c1-10-8-25(16(27)28)9-14(24-10)15-17(19,18(20,21)22)13(5-6-23-15)11-3-2-4-12(26)7-11/h2-3,5-7,10,14-15,24H,4,8-9H2,1H3,(H,27,28). The number of ketones is 1. The summed E-state index contributed by atoms with van der Waals surface area (Å²) >= 11 is 0. The number of nitrogens with one attached hydrogen (secondary N) is 1. The molecule has 2 N–H and O–H groups in total. The first kappa shape index (κ1) is 20.2. The molecule has 3 rings (SSSR count). The minimum Gasteiger partial charge on any atom is -0.465 e. The highest BCUT2D eigenvalue weighted by Gasteiger charge is 2.66. The number of carbonyl (C=O) groups is 2. The van der Waals surface area contributed by atoms with Crippen molar-refractivity contribution in [3.05, 3.63) is 35.5 Å². The Morgan fingerprint density at radius 2 is 2.11 bits per heavy atom. The van der Waals surface area contributed by atoms with Gasteiger partial charge in [-0.3, -0.25) is 9.79 Å². The number of rotatable bonds is 2. The number of dihydropyridines is 1. The van der Waals surface area contributed by atoms with E-state index < -0.39 is 47.4 Å². The first-order valence-electron chi connectivity index (χ1n) is 8.69. The molecule has 0 bridgehead atoms. The Bertz CT molecular complexity index is 802. The molecule has 1 fully saturated rings. The molecule has 1 amide bonds. The van der Waals surface area contributed by atoms with Gasteiger partial charge in [0.2, 0.25) is 0 Å². The Labute approximate surface area is 158 Å². The second-order valence-corrected chi connectivity index (χ2v) is 7.07. The average Bonchev–Trinajstić information content (AvgIpc) is 2.60. The number of carbonyl (C=O) groups excluding carboxylic acids is 1. The fourth-order valence-electron chi connectivity index (χ4n) is 3.81. The fourth-order valence-corrected chi connectivity index (χ4v) is 3.81. The van der Waals surface area contributed by atoms with Crippen molar-refractivity contribution < 1.29 is 32.3 Å². The number of piperazine rings is 1. The van der Waals surface area contributed by atoms with Gasteiger partial charge in [-0.1, -0.05) is 12.2 Å². The van der Waals surface area contributed by atoms with Crippen LogP contribution in [-0.4, -0.2) is 71.2 Å². The first-order chi connectivity index (χ1) is 13.0. The molecule has 152 valence electrons. The van der Waals surface area contributed by atoms with Crippen LogP contribution in [0.1, 0.15) is 13.3 Å². The largest absolute Gasteiger partial charge is 0.465 e. The van der Waals surface area contributed by atoms with Crippen molar-refractivity contribution in [1.29, 1.82) is 0 Å². The maximum Gasteiger partial charge on any atom is 0.429 e. The lowest BCUT2D eigenvalue weighted by Crippen LogP contribution is -2.67. The van der Waals surface area contributed by atoms with Crippen LogP contribution in [0.2, 0.25) is 0 Å². The maximum atomic E-state index is 15.9. The maximum absolute atomic E-state index is 15.9. The summed E-state index contributed by atoms with van der Waals surface area (Å²) in [5.74, 6) is -0.427. The van der Waals surface area contributed by atoms with Gasteiger partial charge in [0.15, 0.2) is 5.78 Å². The summed E-state index contributed by atoms with van der Waals surface area (Å²) < 4.78 is 57.9. The van der Waals surface area contributed by atoms with Gasteiger partial charge < -0.3 is 15.3 Å². The summed E-state index contributed by atoms with van der Waals surface area (Å²) in [5.41, 5.74) is -4.74. The van der Waals surface area contributed by atoms with Crippen molar-refractivity contribution in [2.75, 3.05) is 13.1 Å². The fraction of sp³-hybridized carbons (Fsp3) is 0.500. The van der Waals surface area contributed by atoms with E-state index in [-0.39, 0.29) is 25.1 Å². The molecule has 0 aromatic heterocycles. The molecule has 0 saturated carbocycles. The monoisotopic (exact) mass is 401 g/mol. The molecule has 4 unspecified atom stereocenters. The zero-order chi connectivity index (χ0) is 20.7. The summed E-state index contributed by atoms with van der Waals surface area (Å²) in [7, 11) is 0. The molecule has 6 nitrogen and oxygen atoms in total. The molecule has 1 aliphatic carbocycles. The van der Waals surface area contributed by atoms with Crippen LogP contribution in [0.3, 0.4) is 0 Å². The quantitative estimate of drug-likeness (QED) is 0.697. The Kier molecular flexibility index (Phi) is 5.18. The van der Waals surface area contributed by atoms with Gasteiger partial charge in [-0.15, -0.1) is 0 Å². The highest BCUT2D eigenvalue weighted by Crippen LogP contribution is 2.48. The van der Waals surface area contributed by atoms with Gasteiger partial charge in [0.1, 0.15) is 6.04 Å². The van der Waals surface area contributed by atoms with Gasteiger partial charge in [-0.2, -0.15) is 13.2 Å². The van der Waals surface area contributed by atoms with Gasteiger partial charge in [-0.05, 0) is 24.6 Å². The Morgan fingerprint density at radius 3 is 2.71 bits per heavy atom. The molecule has 28 heavy (non-hydrogen) atoms. The Balaban J connectivity index is 2.03. The van der Waals surface area contributed by atoms with Crippen LogP contribution < -0.4 is 5.32 Å². The molecule has 0 spiro atoms. The predicted octanol–water partition coefficient (Wildman–Crippen LogP) is 2.43. The second-order valence-electron chi connectivity index (χ2n) is 7.07. The number of alkyl halides is 4. The van der Waals surface area contributed by atoms with Crippen molar-refractivity contribution in [3.8, 4) is 0 Å². The summed E-state index contributed by atoms with van der Waals surface area (Å²) in [5, 5.41) is 12.1. The molecule has 2 heterocycles. The molecule has 0 aromatic carbocycles. The van der Waals surface area contributed by atoms with E-state index in [0.29, 0.717) is 0 Å². The third-order valence-electron chi connectivity index (χ3n) is 5.01. The van der Waals surface area contributed by atoms with E-state index in [4.69, 9.17) is 0 Å². The van der Waals surface area contributed by atoms with Crippen molar-refractivity contribution in [2.45, 2.75) is 43.3 Å². The molecule has 4 atom stereocenters. The van der Waals surface area contributed by atoms with Crippen LogP contribution in [0.15, 0.2) is 40.4 Å². The van der Waals surface area contributed by atoms with Crippen molar-refractivity contribution in [1.82, 2.24) is 10.2 Å². The molecule has 1 saturated heterocycles. The van der Waals surface area contributed by atoms with E-state index in [1.807, 2.05) is 0 Å². The van der Waals surface area contributed by atoms with E-state index in [1.54, 1.807) is 6.92 Å². The number of aliphatic imine (C=N–C) groups is 1. The van der Waals surface area contributed by atoms with Gasteiger partial charge in [0.05, 0.1) is 6.04 Å². The van der Waals surface area contributed by atoms with Gasteiger partial charge in [0, 0.05) is 37.3 Å². The number of amides is 1. The summed E-state index contributed by atoms with van der Waals surface area (Å²) in [6.45, 7) is 1.33. The van der Waals surface area contributed by atoms with E-state index in [2.05, 4.69) is 10.3 Å². The van der Waals surface area contributed by atoms with Crippen molar-refractivity contribution in [3.63, 3.8) is 0 Å².